The number of rotatable bonds is 4. The van der Waals surface area contributed by atoms with E-state index in [1.807, 2.05) is 0 Å². The second-order valence-electron chi connectivity index (χ2n) is 13.1. The number of para-hydroxylation sites is 1. The molecule has 0 amide bonds. The topological polar surface area (TPSA) is 13.1 Å². The molecule has 0 radical (unpaired) electrons. The lowest BCUT2D eigenvalue weighted by Crippen LogP contribution is -1.92. The lowest BCUT2D eigenvalue weighted by molar-refractivity contribution is 0.670. The standard InChI is InChI=1S/C48H32O/c1-2-30-22-23-34-29-45-44(28-35(34)26-30)41-20-11-21-42(48(41)49-45)47-38-17-8-6-15-36(38)46(37-16-7-9-18-39(37)47)40-19-10-14-32-24-25-33(27-43(32)40)31-12-4-3-5-13-31/h3-29H,2H2,1H3. The number of fused-ring (bicyclic) bond motifs is 7. The zero-order valence-electron chi connectivity index (χ0n) is 27.2. The minimum absolute atomic E-state index is 0.925. The van der Waals surface area contributed by atoms with E-state index < -0.39 is 0 Å². The first-order chi connectivity index (χ1) is 24.2. The van der Waals surface area contributed by atoms with Crippen molar-refractivity contribution in [1.29, 1.82) is 0 Å². The van der Waals surface area contributed by atoms with E-state index in [9.17, 15) is 0 Å². The van der Waals surface area contributed by atoms with Crippen molar-refractivity contribution in [2.24, 2.45) is 0 Å². The number of hydrogen-bond donors (Lipinski definition) is 0. The molecule has 0 unspecified atom stereocenters. The maximum atomic E-state index is 6.83. The first-order valence-electron chi connectivity index (χ1n) is 17.2. The van der Waals surface area contributed by atoms with Crippen LogP contribution in [0.25, 0.3) is 98.4 Å². The molecule has 1 aromatic heterocycles. The highest BCUT2D eigenvalue weighted by Crippen LogP contribution is 2.48. The van der Waals surface area contributed by atoms with Crippen LogP contribution in [0.5, 0.6) is 0 Å². The molecule has 0 atom stereocenters. The number of hydrogen-bond acceptors (Lipinski definition) is 1. The summed E-state index contributed by atoms with van der Waals surface area (Å²) in [5.41, 5.74) is 10.5. The lowest BCUT2D eigenvalue weighted by atomic mass is 9.84. The molecule has 1 heterocycles. The van der Waals surface area contributed by atoms with Crippen molar-refractivity contribution >= 4 is 65.0 Å². The molecule has 0 spiro atoms. The van der Waals surface area contributed by atoms with Crippen LogP contribution in [-0.2, 0) is 6.42 Å². The summed E-state index contributed by atoms with van der Waals surface area (Å²) in [5, 5.41) is 12.2. The molecular formula is C48H32O. The number of furan rings is 1. The van der Waals surface area contributed by atoms with Gasteiger partial charge in [-0.15, -0.1) is 0 Å². The molecule has 9 aromatic carbocycles. The number of aryl methyl sites for hydroxylation is 1. The third-order valence-corrected chi connectivity index (χ3v) is 10.4. The SMILES string of the molecule is CCc1ccc2cc3oc4c(-c5c6ccccc6c(-c6cccc7ccc(-c8ccccc8)cc67)c6ccccc56)cccc4c3cc2c1. The second-order valence-corrected chi connectivity index (χ2v) is 13.1. The lowest BCUT2D eigenvalue weighted by Gasteiger charge is -2.19. The van der Waals surface area contributed by atoms with Gasteiger partial charge in [0.05, 0.1) is 0 Å². The number of benzene rings is 9. The van der Waals surface area contributed by atoms with Gasteiger partial charge in [-0.25, -0.2) is 0 Å². The van der Waals surface area contributed by atoms with E-state index >= 15 is 0 Å². The van der Waals surface area contributed by atoms with Gasteiger partial charge < -0.3 is 4.42 Å². The van der Waals surface area contributed by atoms with Crippen LogP contribution in [0, 0.1) is 0 Å². The van der Waals surface area contributed by atoms with Crippen molar-refractivity contribution in [2.45, 2.75) is 13.3 Å². The van der Waals surface area contributed by atoms with Gasteiger partial charge in [0.2, 0.25) is 0 Å². The van der Waals surface area contributed by atoms with Gasteiger partial charge in [0.25, 0.3) is 0 Å². The Morgan fingerprint density at radius 1 is 0.388 bits per heavy atom. The summed E-state index contributed by atoms with van der Waals surface area (Å²) in [7, 11) is 0. The average molecular weight is 625 g/mol. The van der Waals surface area contributed by atoms with Crippen LogP contribution in [0.1, 0.15) is 12.5 Å². The largest absolute Gasteiger partial charge is 0.455 e. The summed E-state index contributed by atoms with van der Waals surface area (Å²) in [5.74, 6) is 0. The van der Waals surface area contributed by atoms with E-state index in [-0.39, 0.29) is 0 Å². The van der Waals surface area contributed by atoms with Gasteiger partial charge in [-0.3, -0.25) is 0 Å². The Morgan fingerprint density at radius 2 is 1.02 bits per heavy atom. The van der Waals surface area contributed by atoms with Gasteiger partial charge in [-0.05, 0) is 95.5 Å². The van der Waals surface area contributed by atoms with Crippen molar-refractivity contribution < 1.29 is 4.42 Å². The fourth-order valence-corrected chi connectivity index (χ4v) is 8.02. The van der Waals surface area contributed by atoms with Gasteiger partial charge >= 0.3 is 0 Å². The zero-order valence-corrected chi connectivity index (χ0v) is 27.2. The van der Waals surface area contributed by atoms with E-state index in [1.54, 1.807) is 0 Å². The molecule has 0 saturated heterocycles. The normalized spacial score (nSPS) is 11.9. The third kappa shape index (κ3) is 4.33. The summed E-state index contributed by atoms with van der Waals surface area (Å²) in [4.78, 5) is 0. The highest BCUT2D eigenvalue weighted by Gasteiger charge is 2.21. The van der Waals surface area contributed by atoms with Gasteiger partial charge in [0.15, 0.2) is 0 Å². The highest BCUT2D eigenvalue weighted by atomic mass is 16.3. The van der Waals surface area contributed by atoms with Crippen molar-refractivity contribution in [2.75, 3.05) is 0 Å². The van der Waals surface area contributed by atoms with E-state index in [1.165, 1.54) is 76.5 Å². The van der Waals surface area contributed by atoms with E-state index in [0.717, 1.165) is 33.9 Å². The Bertz CT molecular complexity index is 2850. The molecule has 0 aliphatic carbocycles. The monoisotopic (exact) mass is 624 g/mol. The maximum absolute atomic E-state index is 6.83. The zero-order chi connectivity index (χ0) is 32.5. The van der Waals surface area contributed by atoms with Crippen LogP contribution in [0.2, 0.25) is 0 Å². The molecule has 0 saturated carbocycles. The maximum Gasteiger partial charge on any atom is 0.143 e. The Kier molecular flexibility index (Phi) is 6.22. The van der Waals surface area contributed by atoms with E-state index in [2.05, 4.69) is 171 Å². The third-order valence-electron chi connectivity index (χ3n) is 10.4. The van der Waals surface area contributed by atoms with Gasteiger partial charge in [-0.2, -0.15) is 0 Å². The minimum Gasteiger partial charge on any atom is -0.455 e. The summed E-state index contributed by atoms with van der Waals surface area (Å²) < 4.78 is 6.83. The van der Waals surface area contributed by atoms with Gasteiger partial charge in [0, 0.05) is 21.9 Å². The molecule has 1 nitrogen and oxygen atoms in total. The molecule has 49 heavy (non-hydrogen) atoms. The highest BCUT2D eigenvalue weighted by molar-refractivity contribution is 6.26. The molecule has 1 heteroatoms. The first-order valence-corrected chi connectivity index (χ1v) is 17.2. The van der Waals surface area contributed by atoms with Crippen LogP contribution >= 0.6 is 0 Å². The predicted molar refractivity (Wildman–Crippen MR) is 209 cm³/mol. The van der Waals surface area contributed by atoms with Gasteiger partial charge in [-0.1, -0.05) is 153 Å². The molecule has 0 N–H and O–H groups in total. The Labute approximate surface area is 284 Å². The average Bonchev–Trinajstić information content (AvgIpc) is 3.53. The molecular weight excluding hydrogens is 593 g/mol. The Balaban J connectivity index is 1.28. The molecule has 10 rings (SSSR count). The van der Waals surface area contributed by atoms with Crippen molar-refractivity contribution in [1.82, 2.24) is 0 Å². The fourth-order valence-electron chi connectivity index (χ4n) is 8.02. The Hall–Kier alpha value is -6.18. The van der Waals surface area contributed by atoms with Crippen LogP contribution in [0.3, 0.4) is 0 Å². The van der Waals surface area contributed by atoms with Crippen LogP contribution in [0.15, 0.2) is 168 Å². The van der Waals surface area contributed by atoms with E-state index in [4.69, 9.17) is 4.42 Å². The van der Waals surface area contributed by atoms with Crippen LogP contribution in [-0.4, -0.2) is 0 Å². The predicted octanol–water partition coefficient (Wildman–Crippen LogP) is 13.8. The summed E-state index contributed by atoms with van der Waals surface area (Å²) in [6, 6.07) is 59.9. The Morgan fingerprint density at radius 3 is 1.76 bits per heavy atom. The smallest absolute Gasteiger partial charge is 0.143 e. The molecule has 0 aliphatic heterocycles. The van der Waals surface area contributed by atoms with Crippen LogP contribution in [0.4, 0.5) is 0 Å². The van der Waals surface area contributed by atoms with Crippen molar-refractivity contribution in [3.63, 3.8) is 0 Å². The summed E-state index contributed by atoms with van der Waals surface area (Å²) in [6.45, 7) is 2.21. The second kappa shape index (κ2) is 10.9. The van der Waals surface area contributed by atoms with E-state index in [0.29, 0.717) is 0 Å². The van der Waals surface area contributed by atoms with Gasteiger partial charge in [0.1, 0.15) is 11.2 Å². The quantitative estimate of drug-likeness (QED) is 0.178. The van der Waals surface area contributed by atoms with Crippen molar-refractivity contribution in [3.8, 4) is 33.4 Å². The summed E-state index contributed by atoms with van der Waals surface area (Å²) in [6.07, 6.45) is 1.02. The molecule has 230 valence electrons. The first kappa shape index (κ1) is 27.9. The molecule has 0 bridgehead atoms. The molecule has 10 aromatic rings. The molecule has 0 aliphatic rings. The fraction of sp³-hybridized carbons (Fsp3) is 0.0417. The summed E-state index contributed by atoms with van der Waals surface area (Å²) >= 11 is 0. The minimum atomic E-state index is 0.925. The van der Waals surface area contributed by atoms with Crippen LogP contribution < -0.4 is 0 Å². The molecule has 0 fully saturated rings. The van der Waals surface area contributed by atoms with Crippen molar-refractivity contribution in [3.05, 3.63) is 169 Å².